The maximum atomic E-state index is 12.6. The molecule has 0 aliphatic heterocycles. The van der Waals surface area contributed by atoms with Crippen LogP contribution in [0.1, 0.15) is 5.56 Å². The number of rotatable bonds is 3. The second kappa shape index (κ2) is 4.62. The van der Waals surface area contributed by atoms with Gasteiger partial charge in [0.15, 0.2) is 0 Å². The van der Waals surface area contributed by atoms with E-state index in [9.17, 15) is 4.39 Å². The molecule has 0 saturated carbocycles. The Morgan fingerprint density at radius 2 is 2.27 bits per heavy atom. The van der Waals surface area contributed by atoms with E-state index in [0.717, 1.165) is 17.7 Å². The van der Waals surface area contributed by atoms with Crippen LogP contribution < -0.4 is 0 Å². The van der Waals surface area contributed by atoms with Gasteiger partial charge < -0.3 is 0 Å². The van der Waals surface area contributed by atoms with Crippen molar-refractivity contribution in [2.75, 3.05) is 5.75 Å². The summed E-state index contributed by atoms with van der Waals surface area (Å²) < 4.78 is 12.6. The van der Waals surface area contributed by atoms with Crippen molar-refractivity contribution in [3.05, 3.63) is 35.6 Å². The average Bonchev–Trinajstić information content (AvgIpc) is 2.01. The maximum Gasteiger partial charge on any atom is 0.123 e. The molecule has 0 aliphatic rings. The summed E-state index contributed by atoms with van der Waals surface area (Å²) in [6, 6.07) is 6.59. The van der Waals surface area contributed by atoms with E-state index >= 15 is 0 Å². The molecule has 0 saturated heterocycles. The lowest BCUT2D eigenvalue weighted by Crippen LogP contribution is -1.87. The van der Waals surface area contributed by atoms with E-state index in [0.29, 0.717) is 0 Å². The van der Waals surface area contributed by atoms with Crippen LogP contribution in [0.4, 0.5) is 4.39 Å². The third kappa shape index (κ3) is 3.12. The fraction of sp³-hybridized carbons (Fsp3) is 0.250. The Kier molecular flexibility index (Phi) is 3.73. The summed E-state index contributed by atoms with van der Waals surface area (Å²) in [5, 5.41) is 0. The van der Waals surface area contributed by atoms with Gasteiger partial charge in [0.05, 0.1) is 0 Å². The van der Waals surface area contributed by atoms with Crippen molar-refractivity contribution >= 4 is 21.7 Å². The average molecular weight is 191 g/mol. The highest BCUT2D eigenvalue weighted by molar-refractivity contribution is 8.21. The van der Waals surface area contributed by atoms with Gasteiger partial charge in [-0.05, 0) is 34.8 Å². The van der Waals surface area contributed by atoms with Crippen molar-refractivity contribution in [2.24, 2.45) is 0 Å². The van der Waals surface area contributed by atoms with Crippen molar-refractivity contribution in [3.8, 4) is 0 Å². The molecule has 1 aromatic carbocycles. The Morgan fingerprint density at radius 3 is 2.91 bits per heavy atom. The predicted molar refractivity (Wildman–Crippen MR) is 48.4 cm³/mol. The first-order valence-corrected chi connectivity index (χ1v) is 5.12. The molecule has 0 unspecified atom stereocenters. The Labute approximate surface area is 74.3 Å². The normalized spacial score (nSPS) is 10.0. The smallest absolute Gasteiger partial charge is 0.123 e. The van der Waals surface area contributed by atoms with Crippen LogP contribution in [0.2, 0.25) is 0 Å². The van der Waals surface area contributed by atoms with E-state index < -0.39 is 0 Å². The molecule has 0 spiro atoms. The van der Waals surface area contributed by atoms with E-state index in [4.69, 9.17) is 10.7 Å². The lowest BCUT2D eigenvalue weighted by Gasteiger charge is -1.97. The molecule has 0 atom stereocenters. The molecule has 11 heavy (non-hydrogen) atoms. The Balaban J connectivity index is 2.56. The third-order valence-electron chi connectivity index (χ3n) is 1.36. The van der Waals surface area contributed by atoms with Gasteiger partial charge in [0.1, 0.15) is 5.82 Å². The van der Waals surface area contributed by atoms with E-state index in [2.05, 4.69) is 0 Å². The highest BCUT2D eigenvalue weighted by atomic mass is 35.7. The largest absolute Gasteiger partial charge is 0.207 e. The summed E-state index contributed by atoms with van der Waals surface area (Å²) in [6.07, 6.45) is 0.825. The molecule has 0 aromatic heterocycles. The number of aryl methyl sites for hydroxylation is 1. The molecular formula is C8H8ClFS. The molecule has 0 heterocycles. The van der Waals surface area contributed by atoms with Gasteiger partial charge in [-0.1, -0.05) is 23.1 Å². The SMILES string of the molecule is Fc1cccc(CCSCl)c1. The monoisotopic (exact) mass is 190 g/mol. The van der Waals surface area contributed by atoms with Gasteiger partial charge in [-0.25, -0.2) is 4.39 Å². The first kappa shape index (κ1) is 8.88. The minimum absolute atomic E-state index is 0.179. The van der Waals surface area contributed by atoms with Gasteiger partial charge >= 0.3 is 0 Å². The fourth-order valence-corrected chi connectivity index (χ4v) is 1.39. The molecule has 0 bridgehead atoms. The molecular weight excluding hydrogens is 183 g/mol. The minimum atomic E-state index is -0.179. The van der Waals surface area contributed by atoms with Gasteiger partial charge in [-0.3, -0.25) is 0 Å². The molecule has 60 valence electrons. The molecule has 0 amide bonds. The van der Waals surface area contributed by atoms with Gasteiger partial charge in [0.2, 0.25) is 0 Å². The predicted octanol–water partition coefficient (Wildman–Crippen LogP) is 3.26. The Hall–Kier alpha value is -0.210. The van der Waals surface area contributed by atoms with Crippen LogP contribution in [0.15, 0.2) is 24.3 Å². The van der Waals surface area contributed by atoms with Crippen molar-refractivity contribution < 1.29 is 4.39 Å². The third-order valence-corrected chi connectivity index (χ3v) is 2.18. The van der Waals surface area contributed by atoms with E-state index in [1.54, 1.807) is 6.07 Å². The van der Waals surface area contributed by atoms with Crippen LogP contribution in [0.5, 0.6) is 0 Å². The van der Waals surface area contributed by atoms with Gasteiger partial charge in [-0.15, -0.1) is 0 Å². The maximum absolute atomic E-state index is 12.6. The number of halogens is 2. The summed E-state index contributed by atoms with van der Waals surface area (Å²) in [6.45, 7) is 0. The Morgan fingerprint density at radius 1 is 1.45 bits per heavy atom. The number of hydrogen-bond acceptors (Lipinski definition) is 1. The van der Waals surface area contributed by atoms with Gasteiger partial charge in [0, 0.05) is 5.75 Å². The molecule has 0 radical (unpaired) electrons. The van der Waals surface area contributed by atoms with E-state index in [-0.39, 0.29) is 5.82 Å². The quantitative estimate of drug-likeness (QED) is 0.705. The fourth-order valence-electron chi connectivity index (χ4n) is 0.849. The zero-order chi connectivity index (χ0) is 8.10. The number of hydrogen-bond donors (Lipinski definition) is 0. The Bertz CT molecular complexity index is 227. The second-order valence-electron chi connectivity index (χ2n) is 2.19. The zero-order valence-electron chi connectivity index (χ0n) is 5.89. The second-order valence-corrected chi connectivity index (χ2v) is 3.47. The lowest BCUT2D eigenvalue weighted by molar-refractivity contribution is 0.626. The van der Waals surface area contributed by atoms with Crippen molar-refractivity contribution in [1.82, 2.24) is 0 Å². The van der Waals surface area contributed by atoms with Crippen LogP contribution in [-0.2, 0) is 6.42 Å². The summed E-state index contributed by atoms with van der Waals surface area (Å²) in [5.41, 5.74) is 0.998. The van der Waals surface area contributed by atoms with Crippen molar-refractivity contribution in [3.63, 3.8) is 0 Å². The molecule has 0 N–H and O–H groups in total. The van der Waals surface area contributed by atoms with Crippen LogP contribution in [0.25, 0.3) is 0 Å². The topological polar surface area (TPSA) is 0 Å². The highest BCUT2D eigenvalue weighted by Crippen LogP contribution is 2.10. The standard InChI is InChI=1S/C8H8ClFS/c9-11-5-4-7-2-1-3-8(10)6-7/h1-3,6H,4-5H2. The van der Waals surface area contributed by atoms with Crippen molar-refractivity contribution in [1.29, 1.82) is 0 Å². The lowest BCUT2D eigenvalue weighted by atomic mass is 10.2. The summed E-state index contributed by atoms with van der Waals surface area (Å²) in [7, 11) is 6.67. The van der Waals surface area contributed by atoms with Crippen LogP contribution >= 0.6 is 21.7 Å². The van der Waals surface area contributed by atoms with E-state index in [1.165, 1.54) is 23.1 Å². The first-order chi connectivity index (χ1) is 5.33. The summed E-state index contributed by atoms with van der Waals surface area (Å²) in [4.78, 5) is 0. The summed E-state index contributed by atoms with van der Waals surface area (Å²) in [5.74, 6) is 0.646. The molecule has 0 aliphatic carbocycles. The molecule has 1 aromatic rings. The first-order valence-electron chi connectivity index (χ1n) is 3.31. The zero-order valence-corrected chi connectivity index (χ0v) is 7.46. The van der Waals surface area contributed by atoms with Crippen LogP contribution in [0, 0.1) is 5.82 Å². The van der Waals surface area contributed by atoms with Crippen molar-refractivity contribution in [2.45, 2.75) is 6.42 Å². The van der Waals surface area contributed by atoms with Crippen LogP contribution in [-0.4, -0.2) is 5.75 Å². The minimum Gasteiger partial charge on any atom is -0.207 e. The van der Waals surface area contributed by atoms with Gasteiger partial charge in [0.25, 0.3) is 0 Å². The molecule has 1 rings (SSSR count). The number of benzene rings is 1. The molecule has 0 nitrogen and oxygen atoms in total. The molecule has 0 fully saturated rings. The highest BCUT2D eigenvalue weighted by Gasteiger charge is 1.93. The summed E-state index contributed by atoms with van der Waals surface area (Å²) >= 11 is 0. The van der Waals surface area contributed by atoms with Crippen LogP contribution in [0.3, 0.4) is 0 Å². The molecule has 3 heteroatoms. The van der Waals surface area contributed by atoms with Gasteiger partial charge in [-0.2, -0.15) is 0 Å². The van der Waals surface area contributed by atoms with E-state index in [1.807, 2.05) is 6.07 Å².